The van der Waals surface area contributed by atoms with E-state index in [-0.39, 0.29) is 30.1 Å². The first kappa shape index (κ1) is 25.0. The summed E-state index contributed by atoms with van der Waals surface area (Å²) in [5.41, 5.74) is 1.28. The Morgan fingerprint density at radius 2 is 1.96 bits per heavy atom. The van der Waals surface area contributed by atoms with Crippen molar-refractivity contribution >= 4 is 29.9 Å². The quantitative estimate of drug-likeness (QED) is 0.209. The molecule has 1 aromatic rings. The van der Waals surface area contributed by atoms with Gasteiger partial charge in [-0.3, -0.25) is 4.99 Å². The van der Waals surface area contributed by atoms with Gasteiger partial charge in [-0.25, -0.2) is 0 Å². The van der Waals surface area contributed by atoms with Gasteiger partial charge >= 0.3 is 0 Å². The summed E-state index contributed by atoms with van der Waals surface area (Å²) in [6, 6.07) is 8.28. The SMILES string of the molecule is CN=C(NCCCOCC1CCOC1)NCCc1ccc(OC(C)C)cc1.I. The van der Waals surface area contributed by atoms with Crippen LogP contribution < -0.4 is 15.4 Å². The van der Waals surface area contributed by atoms with E-state index in [0.29, 0.717) is 5.92 Å². The molecule has 1 saturated heterocycles. The first-order valence-corrected chi connectivity index (χ1v) is 10.0. The zero-order valence-electron chi connectivity index (χ0n) is 17.4. The number of nitrogens with one attached hydrogen (secondary N) is 2. The van der Waals surface area contributed by atoms with Gasteiger partial charge in [-0.1, -0.05) is 12.1 Å². The van der Waals surface area contributed by atoms with E-state index < -0.39 is 0 Å². The average molecular weight is 505 g/mol. The summed E-state index contributed by atoms with van der Waals surface area (Å²) in [6.07, 6.45) is 3.23. The maximum atomic E-state index is 5.72. The van der Waals surface area contributed by atoms with Crippen molar-refractivity contribution in [2.75, 3.05) is 46.6 Å². The number of hydrogen-bond acceptors (Lipinski definition) is 4. The van der Waals surface area contributed by atoms with Crippen molar-refractivity contribution in [1.29, 1.82) is 0 Å². The lowest BCUT2D eigenvalue weighted by atomic mass is 10.1. The molecule has 0 aromatic heterocycles. The van der Waals surface area contributed by atoms with Crippen LogP contribution in [0.4, 0.5) is 0 Å². The van der Waals surface area contributed by atoms with Gasteiger partial charge in [0.25, 0.3) is 0 Å². The van der Waals surface area contributed by atoms with Crippen LogP contribution in [0, 0.1) is 5.92 Å². The van der Waals surface area contributed by atoms with Crippen LogP contribution in [0.1, 0.15) is 32.3 Å². The highest BCUT2D eigenvalue weighted by atomic mass is 127. The number of ether oxygens (including phenoxy) is 3. The van der Waals surface area contributed by atoms with E-state index in [1.807, 2.05) is 26.0 Å². The Labute approximate surface area is 186 Å². The van der Waals surface area contributed by atoms with Crippen molar-refractivity contribution in [2.45, 2.75) is 39.2 Å². The topological polar surface area (TPSA) is 64.1 Å². The first-order chi connectivity index (χ1) is 13.2. The minimum atomic E-state index is 0. The van der Waals surface area contributed by atoms with Crippen LogP contribution in [0.3, 0.4) is 0 Å². The summed E-state index contributed by atoms with van der Waals surface area (Å²) in [4.78, 5) is 4.26. The van der Waals surface area contributed by atoms with E-state index in [1.165, 1.54) is 5.56 Å². The second-order valence-corrected chi connectivity index (χ2v) is 7.14. The molecule has 1 aliphatic rings. The Morgan fingerprint density at radius 1 is 1.21 bits per heavy atom. The lowest BCUT2D eigenvalue weighted by molar-refractivity contribution is 0.0888. The second-order valence-electron chi connectivity index (χ2n) is 7.14. The fraction of sp³-hybridized carbons (Fsp3) is 0.667. The molecule has 0 saturated carbocycles. The predicted molar refractivity (Wildman–Crippen MR) is 125 cm³/mol. The first-order valence-electron chi connectivity index (χ1n) is 10.0. The minimum Gasteiger partial charge on any atom is -0.491 e. The molecule has 6 nitrogen and oxygen atoms in total. The van der Waals surface area contributed by atoms with Gasteiger partial charge in [-0.2, -0.15) is 0 Å². The molecule has 7 heteroatoms. The highest BCUT2D eigenvalue weighted by Crippen LogP contribution is 2.14. The maximum absolute atomic E-state index is 5.72. The highest BCUT2D eigenvalue weighted by molar-refractivity contribution is 14.0. The zero-order valence-corrected chi connectivity index (χ0v) is 19.7. The molecule has 0 radical (unpaired) electrons. The number of halogens is 1. The van der Waals surface area contributed by atoms with E-state index in [0.717, 1.165) is 70.5 Å². The third kappa shape index (κ3) is 10.5. The number of guanidine groups is 1. The lowest BCUT2D eigenvalue weighted by Crippen LogP contribution is -2.39. The lowest BCUT2D eigenvalue weighted by Gasteiger charge is -2.13. The largest absolute Gasteiger partial charge is 0.491 e. The Kier molecular flexibility index (Phi) is 13.3. The Hall–Kier alpha value is -1.06. The second kappa shape index (κ2) is 14.9. The summed E-state index contributed by atoms with van der Waals surface area (Å²) in [7, 11) is 1.80. The normalized spacial score (nSPS) is 16.7. The molecule has 28 heavy (non-hydrogen) atoms. The van der Waals surface area contributed by atoms with Gasteiger partial charge in [0.05, 0.1) is 19.3 Å². The third-order valence-electron chi connectivity index (χ3n) is 4.36. The van der Waals surface area contributed by atoms with Crippen LogP contribution in [-0.2, 0) is 15.9 Å². The third-order valence-corrected chi connectivity index (χ3v) is 4.36. The van der Waals surface area contributed by atoms with Crippen molar-refractivity contribution in [2.24, 2.45) is 10.9 Å². The molecule has 2 rings (SSSR count). The standard InChI is InChI=1S/C21H35N3O3.HI/c1-17(2)27-20-7-5-18(6-8-20)9-12-24-21(22-3)23-11-4-13-25-15-19-10-14-26-16-19;/h5-8,17,19H,4,9-16H2,1-3H3,(H2,22,23,24);1H. The highest BCUT2D eigenvalue weighted by Gasteiger charge is 2.15. The van der Waals surface area contributed by atoms with Gasteiger partial charge in [0.1, 0.15) is 5.75 Å². The Balaban J connectivity index is 0.00000392. The molecule has 2 N–H and O–H groups in total. The van der Waals surface area contributed by atoms with Gasteiger partial charge < -0.3 is 24.8 Å². The fourth-order valence-corrected chi connectivity index (χ4v) is 2.90. The van der Waals surface area contributed by atoms with Gasteiger partial charge in [0.2, 0.25) is 0 Å². The van der Waals surface area contributed by atoms with E-state index in [4.69, 9.17) is 14.2 Å². The summed E-state index contributed by atoms with van der Waals surface area (Å²) < 4.78 is 16.7. The Bertz CT molecular complexity index is 546. The molecule has 0 amide bonds. The van der Waals surface area contributed by atoms with Crippen LogP contribution in [0.2, 0.25) is 0 Å². The molecule has 0 bridgehead atoms. The van der Waals surface area contributed by atoms with Crippen LogP contribution in [0.5, 0.6) is 5.75 Å². The van der Waals surface area contributed by atoms with E-state index >= 15 is 0 Å². The molecule has 0 aliphatic carbocycles. The Morgan fingerprint density at radius 3 is 2.61 bits per heavy atom. The number of benzene rings is 1. The zero-order chi connectivity index (χ0) is 19.3. The molecule has 1 unspecified atom stereocenters. The molecule has 1 atom stereocenters. The fourth-order valence-electron chi connectivity index (χ4n) is 2.90. The number of rotatable bonds is 11. The average Bonchev–Trinajstić information content (AvgIpc) is 3.17. The van der Waals surface area contributed by atoms with E-state index in [2.05, 4.69) is 27.8 Å². The monoisotopic (exact) mass is 505 g/mol. The summed E-state index contributed by atoms with van der Waals surface area (Å²) >= 11 is 0. The predicted octanol–water partition coefficient (Wildman–Crippen LogP) is 3.24. The van der Waals surface area contributed by atoms with Crippen LogP contribution in [0.25, 0.3) is 0 Å². The molecule has 1 heterocycles. The van der Waals surface area contributed by atoms with Crippen LogP contribution in [0.15, 0.2) is 29.3 Å². The van der Waals surface area contributed by atoms with Crippen molar-refractivity contribution < 1.29 is 14.2 Å². The van der Waals surface area contributed by atoms with Crippen molar-refractivity contribution in [3.05, 3.63) is 29.8 Å². The molecule has 160 valence electrons. The van der Waals surface area contributed by atoms with Gasteiger partial charge in [-0.15, -0.1) is 24.0 Å². The van der Waals surface area contributed by atoms with E-state index in [1.54, 1.807) is 7.05 Å². The van der Waals surface area contributed by atoms with Gasteiger partial charge in [0, 0.05) is 39.3 Å². The maximum Gasteiger partial charge on any atom is 0.190 e. The smallest absolute Gasteiger partial charge is 0.190 e. The number of aliphatic imine (C=N–C) groups is 1. The van der Waals surface area contributed by atoms with Crippen molar-refractivity contribution in [3.8, 4) is 5.75 Å². The number of nitrogens with zero attached hydrogens (tertiary/aromatic N) is 1. The number of hydrogen-bond donors (Lipinski definition) is 2. The molecular formula is C21H36IN3O3. The van der Waals surface area contributed by atoms with E-state index in [9.17, 15) is 0 Å². The van der Waals surface area contributed by atoms with Gasteiger partial charge in [0.15, 0.2) is 5.96 Å². The van der Waals surface area contributed by atoms with Crippen LogP contribution in [-0.4, -0.2) is 58.6 Å². The molecule has 1 fully saturated rings. The van der Waals surface area contributed by atoms with Crippen molar-refractivity contribution in [3.63, 3.8) is 0 Å². The molecular weight excluding hydrogens is 469 g/mol. The van der Waals surface area contributed by atoms with Crippen LogP contribution >= 0.6 is 24.0 Å². The molecule has 0 spiro atoms. The molecule has 1 aliphatic heterocycles. The summed E-state index contributed by atoms with van der Waals surface area (Å²) in [5, 5.41) is 6.68. The summed E-state index contributed by atoms with van der Waals surface area (Å²) in [5.74, 6) is 2.33. The molecule has 1 aromatic carbocycles. The summed E-state index contributed by atoms with van der Waals surface area (Å²) in [6.45, 7) is 9.07. The van der Waals surface area contributed by atoms with Gasteiger partial charge in [-0.05, 0) is 50.8 Å². The minimum absolute atomic E-state index is 0. The van der Waals surface area contributed by atoms with Crippen molar-refractivity contribution in [1.82, 2.24) is 10.6 Å².